The first-order valence-electron chi connectivity index (χ1n) is 7.19. The summed E-state index contributed by atoms with van der Waals surface area (Å²) in [6.07, 6.45) is 2.41. The summed E-state index contributed by atoms with van der Waals surface area (Å²) in [5, 5.41) is 3.49. The Morgan fingerprint density at radius 2 is 1.90 bits per heavy atom. The van der Waals surface area contributed by atoms with Crippen molar-refractivity contribution in [2.45, 2.75) is 18.9 Å². The van der Waals surface area contributed by atoms with E-state index in [0.29, 0.717) is 6.04 Å². The van der Waals surface area contributed by atoms with Gasteiger partial charge in [0.05, 0.1) is 17.1 Å². The second kappa shape index (κ2) is 4.76. The zero-order valence-corrected chi connectivity index (χ0v) is 11.3. The lowest BCUT2D eigenvalue weighted by Crippen LogP contribution is -2.13. The minimum atomic E-state index is 0.391. The maximum absolute atomic E-state index is 4.71. The number of hydrogen-bond acceptors (Lipinski definition) is 2. The van der Waals surface area contributed by atoms with Crippen LogP contribution < -0.4 is 5.32 Å². The zero-order chi connectivity index (χ0) is 13.4. The van der Waals surface area contributed by atoms with E-state index in [1.807, 2.05) is 6.07 Å². The average molecular weight is 263 g/mol. The van der Waals surface area contributed by atoms with Gasteiger partial charge < -0.3 is 10.3 Å². The number of nitrogens with one attached hydrogen (secondary N) is 2. The molecule has 2 heterocycles. The Labute approximate surface area is 118 Å². The van der Waals surface area contributed by atoms with E-state index in [1.54, 1.807) is 0 Å². The maximum Gasteiger partial charge on any atom is 0.124 e. The zero-order valence-electron chi connectivity index (χ0n) is 11.3. The first kappa shape index (κ1) is 11.7. The summed E-state index contributed by atoms with van der Waals surface area (Å²) < 4.78 is 0. The molecule has 3 heteroatoms. The second-order valence-electron chi connectivity index (χ2n) is 5.37. The maximum atomic E-state index is 4.71. The molecular formula is C17H17N3. The van der Waals surface area contributed by atoms with Crippen molar-refractivity contribution < 1.29 is 0 Å². The standard InChI is InChI=1S/C17H17N3/c1-2-5-12(6-3-1)13-8-9-14-16(11-13)20-17(19-14)15-7-4-10-18-15/h1-3,5-6,8-9,11,15,18H,4,7,10H2,(H,19,20)/t15-/m0/s1. The summed E-state index contributed by atoms with van der Waals surface area (Å²) in [5.74, 6) is 1.07. The molecule has 0 radical (unpaired) electrons. The molecule has 3 nitrogen and oxygen atoms in total. The van der Waals surface area contributed by atoms with Crippen LogP contribution in [0, 0.1) is 0 Å². The van der Waals surface area contributed by atoms with Crippen molar-refractivity contribution in [2.24, 2.45) is 0 Å². The van der Waals surface area contributed by atoms with Crippen molar-refractivity contribution in [1.29, 1.82) is 0 Å². The van der Waals surface area contributed by atoms with Crippen LogP contribution in [0.5, 0.6) is 0 Å². The predicted octanol–water partition coefficient (Wildman–Crippen LogP) is 3.65. The molecule has 1 aromatic heterocycles. The Hall–Kier alpha value is -2.13. The largest absolute Gasteiger partial charge is 0.341 e. The van der Waals surface area contributed by atoms with E-state index in [2.05, 4.69) is 52.8 Å². The molecule has 1 aliphatic heterocycles. The Morgan fingerprint density at radius 3 is 2.70 bits per heavy atom. The van der Waals surface area contributed by atoms with Crippen molar-refractivity contribution in [2.75, 3.05) is 6.54 Å². The summed E-state index contributed by atoms with van der Waals surface area (Å²) in [4.78, 5) is 8.19. The SMILES string of the molecule is c1ccc(-c2ccc3nc([C@@H]4CCCN4)[nH]c3c2)cc1. The Balaban J connectivity index is 1.76. The Morgan fingerprint density at radius 1 is 1.00 bits per heavy atom. The van der Waals surface area contributed by atoms with E-state index >= 15 is 0 Å². The third kappa shape index (κ3) is 2.00. The van der Waals surface area contributed by atoms with Crippen LogP contribution in [0.1, 0.15) is 24.7 Å². The fourth-order valence-electron chi connectivity index (χ4n) is 2.92. The van der Waals surface area contributed by atoms with E-state index in [4.69, 9.17) is 4.98 Å². The van der Waals surface area contributed by atoms with E-state index in [0.717, 1.165) is 23.4 Å². The molecule has 1 fully saturated rings. The Bertz CT molecular complexity index is 724. The van der Waals surface area contributed by atoms with Gasteiger partial charge in [-0.1, -0.05) is 36.4 Å². The molecule has 0 amide bonds. The molecule has 0 bridgehead atoms. The van der Waals surface area contributed by atoms with Gasteiger partial charge >= 0.3 is 0 Å². The minimum absolute atomic E-state index is 0.391. The first-order valence-corrected chi connectivity index (χ1v) is 7.19. The number of aromatic amines is 1. The number of rotatable bonds is 2. The molecule has 0 saturated carbocycles. The number of aromatic nitrogens is 2. The van der Waals surface area contributed by atoms with Crippen LogP contribution in [0.15, 0.2) is 48.5 Å². The molecular weight excluding hydrogens is 246 g/mol. The molecule has 1 aliphatic rings. The van der Waals surface area contributed by atoms with Gasteiger partial charge in [-0.25, -0.2) is 4.98 Å². The smallest absolute Gasteiger partial charge is 0.124 e. The van der Waals surface area contributed by atoms with Crippen LogP contribution in [0.25, 0.3) is 22.2 Å². The average Bonchev–Trinajstić information content (AvgIpc) is 3.16. The van der Waals surface area contributed by atoms with Gasteiger partial charge in [0, 0.05) is 0 Å². The second-order valence-corrected chi connectivity index (χ2v) is 5.37. The molecule has 0 unspecified atom stereocenters. The van der Waals surface area contributed by atoms with Gasteiger partial charge in [-0.2, -0.15) is 0 Å². The highest BCUT2D eigenvalue weighted by atomic mass is 15.0. The van der Waals surface area contributed by atoms with Gasteiger partial charge in [0.25, 0.3) is 0 Å². The molecule has 2 aromatic carbocycles. The predicted molar refractivity (Wildman–Crippen MR) is 81.5 cm³/mol. The molecule has 1 saturated heterocycles. The summed E-state index contributed by atoms with van der Waals surface area (Å²) in [7, 11) is 0. The summed E-state index contributed by atoms with van der Waals surface area (Å²) >= 11 is 0. The highest BCUT2D eigenvalue weighted by molar-refractivity contribution is 5.82. The number of imidazole rings is 1. The third-order valence-electron chi connectivity index (χ3n) is 4.00. The van der Waals surface area contributed by atoms with Crippen molar-refractivity contribution in [3.8, 4) is 11.1 Å². The summed E-state index contributed by atoms with van der Waals surface area (Å²) in [5.41, 5.74) is 4.64. The third-order valence-corrected chi connectivity index (χ3v) is 4.00. The monoisotopic (exact) mass is 263 g/mol. The van der Waals surface area contributed by atoms with E-state index in [9.17, 15) is 0 Å². The summed E-state index contributed by atoms with van der Waals surface area (Å²) in [6.45, 7) is 1.09. The number of H-pyrrole nitrogens is 1. The number of fused-ring (bicyclic) bond motifs is 1. The molecule has 4 rings (SSSR count). The first-order chi connectivity index (χ1) is 9.90. The van der Waals surface area contributed by atoms with Crippen molar-refractivity contribution >= 4 is 11.0 Å². The van der Waals surface area contributed by atoms with Crippen LogP contribution in [-0.4, -0.2) is 16.5 Å². The van der Waals surface area contributed by atoms with Gasteiger partial charge in [0.1, 0.15) is 5.82 Å². The van der Waals surface area contributed by atoms with Crippen LogP contribution in [0.4, 0.5) is 0 Å². The van der Waals surface area contributed by atoms with E-state index in [-0.39, 0.29) is 0 Å². The van der Waals surface area contributed by atoms with Gasteiger partial charge in [-0.05, 0) is 42.6 Å². The van der Waals surface area contributed by atoms with Crippen LogP contribution in [0.3, 0.4) is 0 Å². The van der Waals surface area contributed by atoms with E-state index in [1.165, 1.54) is 24.0 Å². The van der Waals surface area contributed by atoms with Crippen molar-refractivity contribution in [3.05, 3.63) is 54.4 Å². The lowest BCUT2D eigenvalue weighted by molar-refractivity contribution is 0.614. The minimum Gasteiger partial charge on any atom is -0.341 e. The van der Waals surface area contributed by atoms with Crippen LogP contribution >= 0.6 is 0 Å². The molecule has 100 valence electrons. The molecule has 20 heavy (non-hydrogen) atoms. The topological polar surface area (TPSA) is 40.7 Å². The van der Waals surface area contributed by atoms with Crippen molar-refractivity contribution in [3.63, 3.8) is 0 Å². The fraction of sp³-hybridized carbons (Fsp3) is 0.235. The van der Waals surface area contributed by atoms with Gasteiger partial charge in [-0.15, -0.1) is 0 Å². The quantitative estimate of drug-likeness (QED) is 0.741. The van der Waals surface area contributed by atoms with Crippen LogP contribution in [0.2, 0.25) is 0 Å². The summed E-state index contributed by atoms with van der Waals surface area (Å²) in [6, 6.07) is 17.3. The van der Waals surface area contributed by atoms with E-state index < -0.39 is 0 Å². The van der Waals surface area contributed by atoms with Gasteiger partial charge in [-0.3, -0.25) is 0 Å². The molecule has 1 atom stereocenters. The highest BCUT2D eigenvalue weighted by Crippen LogP contribution is 2.26. The van der Waals surface area contributed by atoms with Crippen molar-refractivity contribution in [1.82, 2.24) is 15.3 Å². The number of nitrogens with zero attached hydrogens (tertiary/aromatic N) is 1. The normalized spacial score (nSPS) is 18.7. The number of benzene rings is 2. The highest BCUT2D eigenvalue weighted by Gasteiger charge is 2.19. The molecule has 0 aliphatic carbocycles. The fourth-order valence-corrected chi connectivity index (χ4v) is 2.92. The lowest BCUT2D eigenvalue weighted by atomic mass is 10.1. The Kier molecular flexibility index (Phi) is 2.78. The van der Waals surface area contributed by atoms with Gasteiger partial charge in [0.2, 0.25) is 0 Å². The molecule has 3 aromatic rings. The molecule has 2 N–H and O–H groups in total. The lowest BCUT2D eigenvalue weighted by Gasteiger charge is -2.04. The van der Waals surface area contributed by atoms with Crippen LogP contribution in [-0.2, 0) is 0 Å². The molecule has 0 spiro atoms. The van der Waals surface area contributed by atoms with Gasteiger partial charge in [0.15, 0.2) is 0 Å². The number of hydrogen-bond donors (Lipinski definition) is 2.